The Morgan fingerprint density at radius 2 is 2.05 bits per heavy atom. The van der Waals surface area contributed by atoms with E-state index in [4.69, 9.17) is 5.11 Å². The number of nitrogens with one attached hydrogen (secondary N) is 1. The van der Waals surface area contributed by atoms with Crippen LogP contribution < -0.4 is 10.4 Å². The number of carbonyl (C=O) groups is 2. The van der Waals surface area contributed by atoms with Crippen molar-refractivity contribution < 1.29 is 19.8 Å². The van der Waals surface area contributed by atoms with E-state index in [9.17, 15) is 14.7 Å². The highest BCUT2D eigenvalue weighted by molar-refractivity contribution is 5.93. The SMILES string of the molecule is CC1(C)CC(=O)C=C(Nc2ccc(C(=O)O)c([O-])c2)C1. The minimum absolute atomic E-state index is 0.0493. The van der Waals surface area contributed by atoms with E-state index >= 15 is 0 Å². The summed E-state index contributed by atoms with van der Waals surface area (Å²) in [5.74, 6) is -1.74. The van der Waals surface area contributed by atoms with Crippen LogP contribution in [0.25, 0.3) is 0 Å². The van der Waals surface area contributed by atoms with Gasteiger partial charge in [0, 0.05) is 23.9 Å². The summed E-state index contributed by atoms with van der Waals surface area (Å²) in [7, 11) is 0. The second-order valence-electron chi connectivity index (χ2n) is 5.79. The van der Waals surface area contributed by atoms with Crippen LogP contribution >= 0.6 is 0 Å². The number of aromatic carboxylic acids is 1. The highest BCUT2D eigenvalue weighted by Gasteiger charge is 2.27. The van der Waals surface area contributed by atoms with E-state index in [2.05, 4.69) is 5.32 Å². The molecule has 20 heavy (non-hydrogen) atoms. The van der Waals surface area contributed by atoms with Crippen LogP contribution in [0, 0.1) is 5.41 Å². The van der Waals surface area contributed by atoms with Crippen molar-refractivity contribution in [3.63, 3.8) is 0 Å². The molecule has 1 aliphatic carbocycles. The number of benzene rings is 1. The maximum Gasteiger partial charge on any atom is 0.335 e. The third-order valence-electron chi connectivity index (χ3n) is 3.17. The molecule has 0 heterocycles. The average molecular weight is 274 g/mol. The molecule has 5 heteroatoms. The van der Waals surface area contributed by atoms with Gasteiger partial charge in [-0.1, -0.05) is 19.6 Å². The van der Waals surface area contributed by atoms with Gasteiger partial charge >= 0.3 is 5.97 Å². The van der Waals surface area contributed by atoms with Crippen LogP contribution in [-0.4, -0.2) is 16.9 Å². The Bertz CT molecular complexity index is 602. The number of ketones is 1. The molecule has 1 aliphatic rings. The molecule has 2 N–H and O–H groups in total. The Hall–Kier alpha value is -2.30. The lowest BCUT2D eigenvalue weighted by Gasteiger charge is -2.29. The largest absolute Gasteiger partial charge is 0.872 e. The molecule has 0 aliphatic heterocycles. The Balaban J connectivity index is 2.20. The zero-order chi connectivity index (χ0) is 14.9. The zero-order valence-corrected chi connectivity index (χ0v) is 11.4. The Labute approximate surface area is 116 Å². The molecule has 0 fully saturated rings. The maximum atomic E-state index is 11.6. The first-order valence-corrected chi connectivity index (χ1v) is 6.32. The normalized spacial score (nSPS) is 17.5. The standard InChI is InChI=1S/C15H17NO4/c1-15(2)7-10(5-11(17)8-15)16-9-3-4-12(14(19)20)13(18)6-9/h3-6,16,18H,7-8H2,1-2H3,(H,19,20)/p-1. The van der Waals surface area contributed by atoms with Gasteiger partial charge in [0.25, 0.3) is 0 Å². The van der Waals surface area contributed by atoms with Gasteiger partial charge in [-0.2, -0.15) is 0 Å². The molecular formula is C15H16NO4-. The summed E-state index contributed by atoms with van der Waals surface area (Å²) in [4.78, 5) is 22.4. The molecule has 0 aromatic heterocycles. The van der Waals surface area contributed by atoms with E-state index in [1.807, 2.05) is 13.8 Å². The molecule has 0 unspecified atom stereocenters. The fourth-order valence-corrected chi connectivity index (χ4v) is 2.39. The molecule has 0 saturated heterocycles. The van der Waals surface area contributed by atoms with Crippen molar-refractivity contribution in [1.29, 1.82) is 0 Å². The fraction of sp³-hybridized carbons (Fsp3) is 0.333. The lowest BCUT2D eigenvalue weighted by Crippen LogP contribution is -2.24. The Morgan fingerprint density at radius 1 is 1.35 bits per heavy atom. The number of carboxylic acids is 1. The van der Waals surface area contributed by atoms with Crippen molar-refractivity contribution in [3.8, 4) is 5.75 Å². The zero-order valence-electron chi connectivity index (χ0n) is 11.4. The monoisotopic (exact) mass is 274 g/mol. The van der Waals surface area contributed by atoms with Gasteiger partial charge in [-0.25, -0.2) is 4.79 Å². The number of anilines is 1. The van der Waals surface area contributed by atoms with Crippen LogP contribution in [0.4, 0.5) is 5.69 Å². The van der Waals surface area contributed by atoms with E-state index in [0.717, 1.165) is 5.70 Å². The average Bonchev–Trinajstić information content (AvgIpc) is 2.25. The molecule has 0 bridgehead atoms. The summed E-state index contributed by atoms with van der Waals surface area (Å²) in [6, 6.07) is 4.03. The predicted octanol–water partition coefficient (Wildman–Crippen LogP) is 2.14. The molecule has 0 amide bonds. The molecule has 1 aromatic carbocycles. The third kappa shape index (κ3) is 3.17. The van der Waals surface area contributed by atoms with Gasteiger partial charge in [0.05, 0.1) is 5.56 Å². The number of hydrogen-bond donors (Lipinski definition) is 2. The van der Waals surface area contributed by atoms with Gasteiger partial charge in [-0.3, -0.25) is 4.79 Å². The molecule has 0 radical (unpaired) electrons. The lowest BCUT2D eigenvalue weighted by molar-refractivity contribution is -0.268. The molecule has 106 valence electrons. The fourth-order valence-electron chi connectivity index (χ4n) is 2.39. The van der Waals surface area contributed by atoms with Crippen molar-refractivity contribution in [2.75, 3.05) is 5.32 Å². The molecule has 0 spiro atoms. The van der Waals surface area contributed by atoms with E-state index in [1.54, 1.807) is 6.08 Å². The van der Waals surface area contributed by atoms with Crippen LogP contribution in [0.5, 0.6) is 5.75 Å². The summed E-state index contributed by atoms with van der Waals surface area (Å²) in [5, 5.41) is 23.4. The van der Waals surface area contributed by atoms with Crippen molar-refractivity contribution in [3.05, 3.63) is 35.5 Å². The summed E-state index contributed by atoms with van der Waals surface area (Å²) >= 11 is 0. The van der Waals surface area contributed by atoms with Gasteiger partial charge in [-0.15, -0.1) is 0 Å². The summed E-state index contributed by atoms with van der Waals surface area (Å²) < 4.78 is 0. The quantitative estimate of drug-likeness (QED) is 0.881. The minimum Gasteiger partial charge on any atom is -0.872 e. The second-order valence-corrected chi connectivity index (χ2v) is 5.79. The molecule has 0 saturated carbocycles. The molecule has 0 atom stereocenters. The summed E-state index contributed by atoms with van der Waals surface area (Å²) in [6.45, 7) is 4.01. The van der Waals surface area contributed by atoms with Crippen LogP contribution in [0.15, 0.2) is 30.0 Å². The predicted molar refractivity (Wildman–Crippen MR) is 72.6 cm³/mol. The highest BCUT2D eigenvalue weighted by Crippen LogP contribution is 2.34. The van der Waals surface area contributed by atoms with Crippen LogP contribution in [-0.2, 0) is 4.79 Å². The highest BCUT2D eigenvalue weighted by atomic mass is 16.4. The van der Waals surface area contributed by atoms with Gasteiger partial charge in [0.15, 0.2) is 5.78 Å². The molecule has 5 nitrogen and oxygen atoms in total. The van der Waals surface area contributed by atoms with Gasteiger partial charge in [0.2, 0.25) is 0 Å². The lowest BCUT2D eigenvalue weighted by atomic mass is 9.79. The number of carbonyl (C=O) groups excluding carboxylic acids is 1. The summed E-state index contributed by atoms with van der Waals surface area (Å²) in [6.07, 6.45) is 2.75. The molecule has 1 aromatic rings. The number of hydrogen-bond acceptors (Lipinski definition) is 4. The van der Waals surface area contributed by atoms with Crippen molar-refractivity contribution in [2.24, 2.45) is 5.41 Å². The number of carboxylic acid groups (broad SMARTS) is 1. The first-order valence-electron chi connectivity index (χ1n) is 6.32. The van der Waals surface area contributed by atoms with E-state index in [1.165, 1.54) is 18.2 Å². The first-order chi connectivity index (χ1) is 9.27. The van der Waals surface area contributed by atoms with E-state index in [-0.39, 0.29) is 16.8 Å². The third-order valence-corrected chi connectivity index (χ3v) is 3.17. The maximum absolute atomic E-state index is 11.6. The van der Waals surface area contributed by atoms with Crippen LogP contribution in [0.1, 0.15) is 37.0 Å². The van der Waals surface area contributed by atoms with Crippen molar-refractivity contribution >= 4 is 17.4 Å². The van der Waals surface area contributed by atoms with E-state index < -0.39 is 11.7 Å². The van der Waals surface area contributed by atoms with Gasteiger partial charge in [-0.05, 0) is 30.0 Å². The van der Waals surface area contributed by atoms with E-state index in [0.29, 0.717) is 18.5 Å². The smallest absolute Gasteiger partial charge is 0.335 e. The van der Waals surface area contributed by atoms with Crippen molar-refractivity contribution in [1.82, 2.24) is 0 Å². The Morgan fingerprint density at radius 3 is 2.60 bits per heavy atom. The second kappa shape index (κ2) is 5.00. The van der Waals surface area contributed by atoms with Crippen LogP contribution in [0.3, 0.4) is 0 Å². The number of rotatable bonds is 3. The topological polar surface area (TPSA) is 89.5 Å². The first kappa shape index (κ1) is 14.1. The summed E-state index contributed by atoms with van der Waals surface area (Å²) in [5.41, 5.74) is 0.866. The van der Waals surface area contributed by atoms with Crippen LogP contribution in [0.2, 0.25) is 0 Å². The number of allylic oxidation sites excluding steroid dienone is 2. The minimum atomic E-state index is -1.24. The van der Waals surface area contributed by atoms with Crippen molar-refractivity contribution in [2.45, 2.75) is 26.7 Å². The molecular weight excluding hydrogens is 258 g/mol. The van der Waals surface area contributed by atoms with Gasteiger partial charge in [0.1, 0.15) is 0 Å². The van der Waals surface area contributed by atoms with Gasteiger partial charge < -0.3 is 15.5 Å². The Kier molecular flexibility index (Phi) is 3.53. The molecule has 2 rings (SSSR count).